The van der Waals surface area contributed by atoms with Gasteiger partial charge in [0.05, 0.1) is 22.8 Å². The van der Waals surface area contributed by atoms with Crippen LogP contribution in [-0.4, -0.2) is 39.8 Å². The molecule has 136 valence electrons. The summed E-state index contributed by atoms with van der Waals surface area (Å²) in [5.74, 6) is 1.12. The summed E-state index contributed by atoms with van der Waals surface area (Å²) in [6, 6.07) is 12.9. The van der Waals surface area contributed by atoms with Crippen molar-refractivity contribution >= 4 is 28.5 Å². The molecule has 0 spiro atoms. The second-order valence-electron chi connectivity index (χ2n) is 6.84. The first kappa shape index (κ1) is 15.9. The summed E-state index contributed by atoms with van der Waals surface area (Å²) in [7, 11) is 0. The average Bonchev–Trinajstić information content (AvgIpc) is 3.33. The number of rotatable bonds is 2. The van der Waals surface area contributed by atoms with Gasteiger partial charge in [-0.3, -0.25) is 9.59 Å². The fourth-order valence-electron chi connectivity index (χ4n) is 3.81. The average molecular weight is 362 g/mol. The van der Waals surface area contributed by atoms with Crippen molar-refractivity contribution in [2.45, 2.75) is 18.9 Å². The number of benzene rings is 2. The Balaban J connectivity index is 1.45. The molecule has 2 amide bonds. The minimum atomic E-state index is -0.214. The van der Waals surface area contributed by atoms with E-state index in [0.29, 0.717) is 23.5 Å². The van der Waals surface area contributed by atoms with E-state index in [-0.39, 0.29) is 24.5 Å². The van der Waals surface area contributed by atoms with Crippen LogP contribution >= 0.6 is 0 Å². The highest BCUT2D eigenvalue weighted by molar-refractivity contribution is 6.00. The summed E-state index contributed by atoms with van der Waals surface area (Å²) in [6.07, 6.45) is 1.80. The van der Waals surface area contributed by atoms with E-state index in [4.69, 9.17) is 4.74 Å². The molecule has 2 aliphatic heterocycles. The van der Waals surface area contributed by atoms with E-state index in [1.165, 1.54) is 0 Å². The van der Waals surface area contributed by atoms with Crippen molar-refractivity contribution in [3.8, 4) is 5.75 Å². The van der Waals surface area contributed by atoms with Gasteiger partial charge in [0, 0.05) is 12.1 Å². The number of carbonyl (C=O) groups excluding carboxylic acids is 2. The van der Waals surface area contributed by atoms with Gasteiger partial charge in [0.15, 0.2) is 6.61 Å². The summed E-state index contributed by atoms with van der Waals surface area (Å²) in [5, 5.41) is 2.75. The van der Waals surface area contributed by atoms with E-state index in [9.17, 15) is 9.59 Å². The molecule has 2 N–H and O–H groups in total. The zero-order chi connectivity index (χ0) is 18.4. The largest absolute Gasteiger partial charge is 0.482 e. The lowest BCUT2D eigenvalue weighted by molar-refractivity contribution is -0.118. The number of ether oxygens (including phenoxy) is 1. The number of imidazole rings is 1. The topological polar surface area (TPSA) is 87.3 Å². The summed E-state index contributed by atoms with van der Waals surface area (Å²) < 4.78 is 5.37. The number of para-hydroxylation sites is 2. The predicted octanol–water partition coefficient (Wildman–Crippen LogP) is 2.87. The van der Waals surface area contributed by atoms with Gasteiger partial charge in [-0.05, 0) is 43.2 Å². The van der Waals surface area contributed by atoms with Crippen LogP contribution in [0.25, 0.3) is 11.0 Å². The Kier molecular flexibility index (Phi) is 3.60. The lowest BCUT2D eigenvalue weighted by Crippen LogP contribution is -2.31. The minimum absolute atomic E-state index is 0.000541. The number of hydrogen-bond donors (Lipinski definition) is 2. The Bertz CT molecular complexity index is 1030. The van der Waals surface area contributed by atoms with Crippen molar-refractivity contribution < 1.29 is 14.3 Å². The Morgan fingerprint density at radius 3 is 3.00 bits per heavy atom. The lowest BCUT2D eigenvalue weighted by atomic mass is 10.1. The molecule has 0 aliphatic carbocycles. The molecule has 3 aromatic rings. The van der Waals surface area contributed by atoms with Gasteiger partial charge < -0.3 is 19.9 Å². The number of anilines is 1. The van der Waals surface area contributed by atoms with Crippen molar-refractivity contribution in [3.63, 3.8) is 0 Å². The third-order valence-electron chi connectivity index (χ3n) is 5.10. The molecule has 0 bridgehead atoms. The molecule has 5 rings (SSSR count). The zero-order valence-corrected chi connectivity index (χ0v) is 14.6. The maximum Gasteiger partial charge on any atom is 0.262 e. The van der Waals surface area contributed by atoms with Crippen LogP contribution in [0.2, 0.25) is 0 Å². The van der Waals surface area contributed by atoms with Crippen molar-refractivity contribution in [2.75, 3.05) is 18.5 Å². The molecule has 1 fully saturated rings. The van der Waals surface area contributed by atoms with Gasteiger partial charge in [0.1, 0.15) is 11.6 Å². The quantitative estimate of drug-likeness (QED) is 0.734. The molecule has 1 aromatic heterocycles. The third kappa shape index (κ3) is 2.71. The molecule has 0 saturated carbocycles. The lowest BCUT2D eigenvalue weighted by Gasteiger charge is -2.24. The molecule has 27 heavy (non-hydrogen) atoms. The molecule has 0 unspecified atom stereocenters. The highest BCUT2D eigenvalue weighted by atomic mass is 16.5. The molecule has 0 radical (unpaired) electrons. The number of H-pyrrole nitrogens is 1. The molecule has 2 aromatic carbocycles. The third-order valence-corrected chi connectivity index (χ3v) is 5.10. The number of aromatic nitrogens is 2. The van der Waals surface area contributed by atoms with Gasteiger partial charge in [-0.1, -0.05) is 12.1 Å². The number of amides is 2. The fourth-order valence-corrected chi connectivity index (χ4v) is 3.81. The Morgan fingerprint density at radius 1 is 1.22 bits per heavy atom. The van der Waals surface area contributed by atoms with E-state index in [0.717, 1.165) is 29.7 Å². The summed E-state index contributed by atoms with van der Waals surface area (Å²) in [6.45, 7) is 0.682. The standard InChI is InChI=1S/C20H18N4O3/c25-18-11-27-17-8-7-12(10-15(17)21-18)20(26)24-9-3-6-16(24)19-22-13-4-1-2-5-14(13)23-19/h1-2,4-5,7-8,10,16H,3,6,9,11H2,(H,21,25)(H,22,23)/t16-/m1/s1. The van der Waals surface area contributed by atoms with Crippen molar-refractivity contribution in [3.05, 3.63) is 53.9 Å². The van der Waals surface area contributed by atoms with Crippen molar-refractivity contribution in [1.82, 2.24) is 14.9 Å². The van der Waals surface area contributed by atoms with Crippen LogP contribution in [0.1, 0.15) is 35.1 Å². The second kappa shape index (κ2) is 6.12. The Morgan fingerprint density at radius 2 is 2.11 bits per heavy atom. The second-order valence-corrected chi connectivity index (χ2v) is 6.84. The van der Waals surface area contributed by atoms with E-state index < -0.39 is 0 Å². The normalized spacial score (nSPS) is 18.9. The summed E-state index contributed by atoms with van der Waals surface area (Å²) in [5.41, 5.74) is 2.94. The van der Waals surface area contributed by atoms with Gasteiger partial charge in [-0.2, -0.15) is 0 Å². The molecular weight excluding hydrogens is 344 g/mol. The Hall–Kier alpha value is -3.35. The molecule has 1 atom stereocenters. The van der Waals surface area contributed by atoms with Crippen LogP contribution in [0.3, 0.4) is 0 Å². The van der Waals surface area contributed by atoms with Crippen LogP contribution < -0.4 is 10.1 Å². The molecule has 7 nitrogen and oxygen atoms in total. The summed E-state index contributed by atoms with van der Waals surface area (Å²) in [4.78, 5) is 34.6. The van der Waals surface area contributed by atoms with Crippen molar-refractivity contribution in [2.24, 2.45) is 0 Å². The minimum Gasteiger partial charge on any atom is -0.482 e. The summed E-state index contributed by atoms with van der Waals surface area (Å²) >= 11 is 0. The first-order chi connectivity index (χ1) is 13.2. The maximum atomic E-state index is 13.1. The first-order valence-electron chi connectivity index (χ1n) is 9.01. The predicted molar refractivity (Wildman–Crippen MR) is 99.7 cm³/mol. The molecule has 2 aliphatic rings. The van der Waals surface area contributed by atoms with Gasteiger partial charge in [-0.25, -0.2) is 4.98 Å². The van der Waals surface area contributed by atoms with Crippen LogP contribution in [0.4, 0.5) is 5.69 Å². The van der Waals surface area contributed by atoms with Gasteiger partial charge in [0.25, 0.3) is 11.8 Å². The van der Waals surface area contributed by atoms with Crippen LogP contribution in [0.15, 0.2) is 42.5 Å². The van der Waals surface area contributed by atoms with E-state index in [1.807, 2.05) is 29.2 Å². The molecule has 1 saturated heterocycles. The number of carbonyl (C=O) groups is 2. The number of fused-ring (bicyclic) bond motifs is 2. The first-order valence-corrected chi connectivity index (χ1v) is 9.01. The number of likely N-dealkylation sites (tertiary alicyclic amines) is 1. The number of nitrogens with zero attached hydrogens (tertiary/aromatic N) is 2. The van der Waals surface area contributed by atoms with Crippen LogP contribution in [-0.2, 0) is 4.79 Å². The van der Waals surface area contributed by atoms with Gasteiger partial charge in [-0.15, -0.1) is 0 Å². The zero-order valence-electron chi connectivity index (χ0n) is 14.6. The number of hydrogen-bond acceptors (Lipinski definition) is 4. The van der Waals surface area contributed by atoms with E-state index >= 15 is 0 Å². The Labute approximate surface area is 155 Å². The van der Waals surface area contributed by atoms with Crippen LogP contribution in [0, 0.1) is 0 Å². The molecule has 7 heteroatoms. The fraction of sp³-hybridized carbons (Fsp3) is 0.250. The van der Waals surface area contributed by atoms with Gasteiger partial charge in [0.2, 0.25) is 0 Å². The number of nitrogens with one attached hydrogen (secondary N) is 2. The SMILES string of the molecule is O=C1COc2ccc(C(=O)N3CCC[C@@H]3c3nc4ccccc4[nH]3)cc2N1. The molecule has 3 heterocycles. The smallest absolute Gasteiger partial charge is 0.262 e. The molecular formula is C20H18N4O3. The number of aromatic amines is 1. The van der Waals surface area contributed by atoms with E-state index in [2.05, 4.69) is 15.3 Å². The maximum absolute atomic E-state index is 13.1. The van der Waals surface area contributed by atoms with Crippen LogP contribution in [0.5, 0.6) is 5.75 Å². The highest BCUT2D eigenvalue weighted by Gasteiger charge is 2.33. The van der Waals surface area contributed by atoms with Gasteiger partial charge >= 0.3 is 0 Å². The van der Waals surface area contributed by atoms with E-state index in [1.54, 1.807) is 18.2 Å². The monoisotopic (exact) mass is 362 g/mol. The van der Waals surface area contributed by atoms with Crippen molar-refractivity contribution in [1.29, 1.82) is 0 Å². The highest BCUT2D eigenvalue weighted by Crippen LogP contribution is 2.34.